The molecule has 2 heterocycles. The van der Waals surface area contributed by atoms with Gasteiger partial charge in [-0.25, -0.2) is 15.0 Å². The Kier molecular flexibility index (Phi) is 3.71. The topological polar surface area (TPSA) is 72.7 Å². The normalized spacial score (nSPS) is 16.0. The zero-order chi connectivity index (χ0) is 13.8. The monoisotopic (exact) mass is 273 g/mol. The van der Waals surface area contributed by atoms with Crippen LogP contribution in [0.1, 0.15) is 44.1 Å². The zero-order valence-electron chi connectivity index (χ0n) is 11.2. The van der Waals surface area contributed by atoms with Crippen molar-refractivity contribution in [3.63, 3.8) is 0 Å². The van der Waals surface area contributed by atoms with Gasteiger partial charge in [-0.1, -0.05) is 19.3 Å². The van der Waals surface area contributed by atoms with Crippen LogP contribution in [0.3, 0.4) is 0 Å². The van der Waals surface area contributed by atoms with E-state index < -0.39 is 0 Å². The second kappa shape index (κ2) is 5.81. The Morgan fingerprint density at radius 2 is 2.15 bits per heavy atom. The molecule has 0 aliphatic heterocycles. The van der Waals surface area contributed by atoms with Crippen LogP contribution in [0.25, 0.3) is 5.82 Å². The maximum absolute atomic E-state index is 12.2. The Morgan fingerprint density at radius 1 is 1.30 bits per heavy atom. The molecule has 0 radical (unpaired) electrons. The highest BCUT2D eigenvalue weighted by atomic mass is 16.2. The van der Waals surface area contributed by atoms with Crippen LogP contribution in [-0.2, 0) is 0 Å². The van der Waals surface area contributed by atoms with E-state index in [9.17, 15) is 4.79 Å². The summed E-state index contributed by atoms with van der Waals surface area (Å²) in [6.45, 7) is 0. The fraction of sp³-hybridized carbons (Fsp3) is 0.429. The number of hydrogen-bond donors (Lipinski definition) is 1. The maximum Gasteiger partial charge on any atom is 0.289 e. The number of rotatable bonds is 3. The number of amides is 1. The molecular weight excluding hydrogens is 254 g/mol. The van der Waals surface area contributed by atoms with Crippen LogP contribution in [-0.4, -0.2) is 31.5 Å². The molecular formula is C14H19N5O. The van der Waals surface area contributed by atoms with Gasteiger partial charge in [0.25, 0.3) is 5.91 Å². The minimum Gasteiger partial charge on any atom is -0.347 e. The van der Waals surface area contributed by atoms with E-state index in [-0.39, 0.29) is 19.2 Å². The maximum atomic E-state index is 12.2. The predicted octanol–water partition coefficient (Wildman–Crippen LogP) is 1.97. The Hall–Kier alpha value is -2.24. The van der Waals surface area contributed by atoms with E-state index in [1.807, 2.05) is 0 Å². The van der Waals surface area contributed by atoms with Crippen molar-refractivity contribution in [1.29, 1.82) is 0 Å². The third-order valence-corrected chi connectivity index (χ3v) is 3.55. The molecule has 1 aliphatic rings. The van der Waals surface area contributed by atoms with Gasteiger partial charge in [0.05, 0.1) is 0 Å². The molecule has 106 valence electrons. The number of nitrogens with zero attached hydrogens (tertiary/aromatic N) is 4. The van der Waals surface area contributed by atoms with E-state index in [0.717, 1.165) is 12.8 Å². The van der Waals surface area contributed by atoms with Gasteiger partial charge in [-0.3, -0.25) is 9.36 Å². The summed E-state index contributed by atoms with van der Waals surface area (Å²) in [6.07, 6.45) is 12.4. The molecule has 0 unspecified atom stereocenters. The van der Waals surface area contributed by atoms with E-state index in [1.165, 1.54) is 19.3 Å². The lowest BCUT2D eigenvalue weighted by molar-refractivity contribution is 0.0917. The van der Waals surface area contributed by atoms with Crippen LogP contribution in [0.2, 0.25) is 0 Å². The lowest BCUT2D eigenvalue weighted by Crippen LogP contribution is -2.37. The summed E-state index contributed by atoms with van der Waals surface area (Å²) in [5.41, 5.74) is 0. The summed E-state index contributed by atoms with van der Waals surface area (Å²) in [6, 6.07) is 2.01. The van der Waals surface area contributed by atoms with Crippen LogP contribution in [0.4, 0.5) is 0 Å². The van der Waals surface area contributed by atoms with Gasteiger partial charge in [0, 0.05) is 26.1 Å². The highest BCUT2D eigenvalue weighted by Gasteiger charge is 2.18. The molecule has 3 rings (SSSR count). The number of hydrogen-bond acceptors (Lipinski definition) is 4. The molecule has 1 saturated carbocycles. The first-order chi connectivity index (χ1) is 9.83. The summed E-state index contributed by atoms with van der Waals surface area (Å²) in [5, 5.41) is 3.02. The average molecular weight is 273 g/mol. The van der Waals surface area contributed by atoms with Crippen molar-refractivity contribution >= 4 is 5.91 Å². The first-order valence-electron chi connectivity index (χ1n) is 6.95. The molecule has 2 aromatic rings. The van der Waals surface area contributed by atoms with Gasteiger partial charge < -0.3 is 5.32 Å². The van der Waals surface area contributed by atoms with Crippen LogP contribution in [0.15, 0.2) is 31.0 Å². The van der Waals surface area contributed by atoms with Crippen LogP contribution in [0, 0.1) is 0 Å². The van der Waals surface area contributed by atoms with Gasteiger partial charge in [0.1, 0.15) is 12.1 Å². The van der Waals surface area contributed by atoms with E-state index in [4.69, 9.17) is 0 Å². The molecule has 6 nitrogen and oxygen atoms in total. The Labute approximate surface area is 118 Å². The Balaban J connectivity index is 0.00000161. The number of aromatic nitrogens is 4. The summed E-state index contributed by atoms with van der Waals surface area (Å²) in [5.74, 6) is 0.659. The van der Waals surface area contributed by atoms with Gasteiger partial charge in [-0.05, 0) is 18.9 Å². The Bertz CT molecular complexity index is 581. The molecule has 2 aromatic heterocycles. The summed E-state index contributed by atoms with van der Waals surface area (Å²) >= 11 is 0. The Morgan fingerprint density at radius 3 is 2.90 bits per heavy atom. The molecule has 6 heteroatoms. The first kappa shape index (κ1) is 12.8. The van der Waals surface area contributed by atoms with Crippen LogP contribution >= 0.6 is 0 Å². The van der Waals surface area contributed by atoms with E-state index in [2.05, 4.69) is 20.3 Å². The highest BCUT2D eigenvalue weighted by molar-refractivity contribution is 5.90. The molecule has 1 N–H and O–H groups in total. The second-order valence-electron chi connectivity index (χ2n) is 5.02. The zero-order valence-corrected chi connectivity index (χ0v) is 11.2. The van der Waals surface area contributed by atoms with Gasteiger partial charge in [-0.2, -0.15) is 0 Å². The number of carbonyl (C=O) groups excluding carboxylic acids is 1. The van der Waals surface area contributed by atoms with E-state index in [1.54, 1.807) is 35.6 Å². The van der Waals surface area contributed by atoms with Gasteiger partial charge in [-0.15, -0.1) is 0 Å². The lowest BCUT2D eigenvalue weighted by atomic mass is 9.95. The fourth-order valence-corrected chi connectivity index (χ4v) is 2.49. The second-order valence-corrected chi connectivity index (χ2v) is 5.02. The van der Waals surface area contributed by atoms with E-state index in [0.29, 0.717) is 5.82 Å². The standard InChI is InChI=1S/C14H17N5O.H2/c20-14(17-11-4-2-1-3-5-11)13-16-7-6-12(18-13)19-9-8-15-10-19;/h6-11H,1-5H2,(H,17,20);1H. The number of imidazole rings is 1. The molecule has 1 amide bonds. The molecule has 0 saturated heterocycles. The summed E-state index contributed by atoms with van der Waals surface area (Å²) < 4.78 is 1.75. The average Bonchev–Trinajstić information content (AvgIpc) is 3.03. The van der Waals surface area contributed by atoms with Crippen molar-refractivity contribution < 1.29 is 6.22 Å². The molecule has 20 heavy (non-hydrogen) atoms. The highest BCUT2D eigenvalue weighted by Crippen LogP contribution is 2.17. The number of carbonyl (C=O) groups is 1. The van der Waals surface area contributed by atoms with Gasteiger partial charge >= 0.3 is 0 Å². The van der Waals surface area contributed by atoms with Crippen LogP contribution in [0.5, 0.6) is 0 Å². The van der Waals surface area contributed by atoms with Gasteiger partial charge in [0.2, 0.25) is 5.82 Å². The largest absolute Gasteiger partial charge is 0.347 e. The summed E-state index contributed by atoms with van der Waals surface area (Å²) in [7, 11) is 0. The third-order valence-electron chi connectivity index (χ3n) is 3.55. The molecule has 0 atom stereocenters. The third kappa shape index (κ3) is 2.84. The van der Waals surface area contributed by atoms with Crippen molar-refractivity contribution in [2.24, 2.45) is 0 Å². The van der Waals surface area contributed by atoms with Gasteiger partial charge in [0.15, 0.2) is 0 Å². The number of nitrogens with one attached hydrogen (secondary N) is 1. The molecule has 1 fully saturated rings. The smallest absolute Gasteiger partial charge is 0.289 e. The molecule has 0 bridgehead atoms. The minimum atomic E-state index is -0.195. The fourth-order valence-electron chi connectivity index (χ4n) is 2.49. The van der Waals surface area contributed by atoms with Crippen molar-refractivity contribution in [1.82, 2.24) is 24.8 Å². The quantitative estimate of drug-likeness (QED) is 0.928. The van der Waals surface area contributed by atoms with Crippen molar-refractivity contribution in [2.75, 3.05) is 0 Å². The first-order valence-corrected chi connectivity index (χ1v) is 6.95. The predicted molar refractivity (Wildman–Crippen MR) is 75.6 cm³/mol. The molecule has 0 spiro atoms. The van der Waals surface area contributed by atoms with Crippen molar-refractivity contribution in [3.8, 4) is 5.82 Å². The SMILES string of the molecule is O=C(NC1CCCCC1)c1nccc(-n2ccnc2)n1.[HH]. The summed E-state index contributed by atoms with van der Waals surface area (Å²) in [4.78, 5) is 24.5. The molecule has 1 aliphatic carbocycles. The lowest BCUT2D eigenvalue weighted by Gasteiger charge is -2.22. The van der Waals surface area contributed by atoms with Crippen molar-refractivity contribution in [3.05, 3.63) is 36.8 Å². The van der Waals surface area contributed by atoms with Crippen LogP contribution < -0.4 is 5.32 Å². The molecule has 0 aromatic carbocycles. The van der Waals surface area contributed by atoms with Crippen molar-refractivity contribution in [2.45, 2.75) is 38.1 Å². The van der Waals surface area contributed by atoms with E-state index >= 15 is 0 Å². The minimum absolute atomic E-state index is 0.